The lowest BCUT2D eigenvalue weighted by Crippen LogP contribution is -2.40. The Morgan fingerprint density at radius 3 is 2.53 bits per heavy atom. The van der Waals surface area contributed by atoms with Crippen LogP contribution in [-0.4, -0.2) is 17.2 Å². The lowest BCUT2D eigenvalue weighted by molar-refractivity contribution is -0.145. The summed E-state index contributed by atoms with van der Waals surface area (Å²) in [5, 5.41) is 9.25. The highest BCUT2D eigenvalue weighted by molar-refractivity contribution is 5.82. The van der Waals surface area contributed by atoms with E-state index in [2.05, 4.69) is 0 Å². The van der Waals surface area contributed by atoms with Crippen molar-refractivity contribution in [2.75, 3.05) is 0 Å². The van der Waals surface area contributed by atoms with E-state index >= 15 is 0 Å². The van der Waals surface area contributed by atoms with Gasteiger partial charge in [0, 0.05) is 0 Å². The summed E-state index contributed by atoms with van der Waals surface area (Å²) in [6, 6.07) is 8.72. The minimum absolute atomic E-state index is 0.348. The van der Waals surface area contributed by atoms with Crippen LogP contribution in [0, 0.1) is 0 Å². The number of aliphatic carboxylic acids is 1. The molecule has 0 aromatic heterocycles. The van der Waals surface area contributed by atoms with Crippen LogP contribution in [0.1, 0.15) is 24.8 Å². The molecule has 1 saturated carbocycles. The standard InChI is InChI=1S/C12H13FO2/c13-10-7-4-8-12(10,11(14)15)9-5-2-1-3-6-9/h1-3,5-6,10H,4,7-8H2,(H,14,15). The molecule has 15 heavy (non-hydrogen) atoms. The van der Waals surface area contributed by atoms with Crippen molar-refractivity contribution < 1.29 is 14.3 Å². The van der Waals surface area contributed by atoms with Crippen molar-refractivity contribution in [3.8, 4) is 0 Å². The Morgan fingerprint density at radius 2 is 2.07 bits per heavy atom. The maximum absolute atomic E-state index is 13.8. The van der Waals surface area contributed by atoms with Gasteiger partial charge in [0.1, 0.15) is 11.6 Å². The van der Waals surface area contributed by atoms with Crippen LogP contribution in [0.3, 0.4) is 0 Å². The number of rotatable bonds is 2. The number of carboxylic acids is 1. The number of benzene rings is 1. The van der Waals surface area contributed by atoms with Gasteiger partial charge < -0.3 is 5.11 Å². The highest BCUT2D eigenvalue weighted by Gasteiger charge is 2.51. The molecule has 1 aliphatic rings. The lowest BCUT2D eigenvalue weighted by atomic mass is 9.78. The average molecular weight is 208 g/mol. The fraction of sp³-hybridized carbons (Fsp3) is 0.417. The Bertz CT molecular complexity index is 363. The molecule has 1 N–H and O–H groups in total. The molecule has 0 amide bonds. The zero-order chi connectivity index (χ0) is 10.9. The molecule has 2 atom stereocenters. The molecule has 1 aliphatic carbocycles. The largest absolute Gasteiger partial charge is 0.480 e. The summed E-state index contributed by atoms with van der Waals surface area (Å²) in [4.78, 5) is 11.3. The Balaban J connectivity index is 2.49. The predicted molar refractivity (Wildman–Crippen MR) is 54.5 cm³/mol. The molecule has 2 unspecified atom stereocenters. The van der Waals surface area contributed by atoms with Gasteiger partial charge in [-0.3, -0.25) is 4.79 Å². The van der Waals surface area contributed by atoms with E-state index in [4.69, 9.17) is 0 Å². The van der Waals surface area contributed by atoms with Crippen LogP contribution in [0.5, 0.6) is 0 Å². The summed E-state index contributed by atoms with van der Waals surface area (Å²) >= 11 is 0. The van der Waals surface area contributed by atoms with Crippen LogP contribution >= 0.6 is 0 Å². The third-order valence-corrected chi connectivity index (χ3v) is 3.23. The summed E-state index contributed by atoms with van der Waals surface area (Å²) in [7, 11) is 0. The number of halogens is 1. The smallest absolute Gasteiger partial charge is 0.317 e. The molecule has 1 fully saturated rings. The molecule has 0 radical (unpaired) electrons. The van der Waals surface area contributed by atoms with E-state index in [1.807, 2.05) is 0 Å². The zero-order valence-electron chi connectivity index (χ0n) is 8.32. The number of alkyl halides is 1. The van der Waals surface area contributed by atoms with E-state index < -0.39 is 17.6 Å². The second-order valence-electron chi connectivity index (χ2n) is 4.00. The Morgan fingerprint density at radius 1 is 1.40 bits per heavy atom. The maximum Gasteiger partial charge on any atom is 0.317 e. The van der Waals surface area contributed by atoms with Crippen molar-refractivity contribution in [1.82, 2.24) is 0 Å². The summed E-state index contributed by atoms with van der Waals surface area (Å²) in [6.45, 7) is 0. The molecule has 0 saturated heterocycles. The van der Waals surface area contributed by atoms with Gasteiger partial charge in [-0.05, 0) is 24.8 Å². The molecule has 2 nitrogen and oxygen atoms in total. The van der Waals surface area contributed by atoms with Crippen LogP contribution in [0.25, 0.3) is 0 Å². The first-order valence-corrected chi connectivity index (χ1v) is 5.11. The van der Waals surface area contributed by atoms with Gasteiger partial charge in [0.25, 0.3) is 0 Å². The van der Waals surface area contributed by atoms with Crippen molar-refractivity contribution in [1.29, 1.82) is 0 Å². The van der Waals surface area contributed by atoms with Crippen LogP contribution in [0.2, 0.25) is 0 Å². The molecule has 3 heteroatoms. The van der Waals surface area contributed by atoms with E-state index in [-0.39, 0.29) is 0 Å². The van der Waals surface area contributed by atoms with Crippen molar-refractivity contribution in [2.24, 2.45) is 0 Å². The Kier molecular flexibility index (Phi) is 2.47. The average Bonchev–Trinajstić information content (AvgIpc) is 2.62. The predicted octanol–water partition coefficient (Wildman–Crippen LogP) is 2.53. The molecule has 0 spiro atoms. The van der Waals surface area contributed by atoms with Gasteiger partial charge >= 0.3 is 5.97 Å². The Labute approximate surface area is 87.7 Å². The minimum Gasteiger partial charge on any atom is -0.480 e. The fourth-order valence-electron chi connectivity index (χ4n) is 2.39. The summed E-state index contributed by atoms with van der Waals surface area (Å²) in [5.74, 6) is -1.04. The number of carboxylic acid groups (broad SMARTS) is 1. The van der Waals surface area contributed by atoms with E-state index in [1.165, 1.54) is 0 Å². The van der Waals surface area contributed by atoms with Crippen LogP contribution in [0.4, 0.5) is 4.39 Å². The van der Waals surface area contributed by atoms with Crippen molar-refractivity contribution in [2.45, 2.75) is 30.8 Å². The van der Waals surface area contributed by atoms with E-state index in [0.29, 0.717) is 24.8 Å². The zero-order valence-corrected chi connectivity index (χ0v) is 8.32. The molecular formula is C12H13FO2. The van der Waals surface area contributed by atoms with Crippen LogP contribution in [-0.2, 0) is 10.2 Å². The molecule has 1 aromatic carbocycles. The molecular weight excluding hydrogens is 195 g/mol. The van der Waals surface area contributed by atoms with Gasteiger partial charge in [0.15, 0.2) is 0 Å². The maximum atomic E-state index is 13.8. The monoisotopic (exact) mass is 208 g/mol. The first-order valence-electron chi connectivity index (χ1n) is 5.11. The number of hydrogen-bond acceptors (Lipinski definition) is 1. The minimum atomic E-state index is -1.30. The number of hydrogen-bond donors (Lipinski definition) is 1. The summed E-state index contributed by atoms with van der Waals surface area (Å²) in [5.41, 5.74) is -0.719. The topological polar surface area (TPSA) is 37.3 Å². The molecule has 0 heterocycles. The Hall–Kier alpha value is -1.38. The molecule has 0 aliphatic heterocycles. The highest BCUT2D eigenvalue weighted by Crippen LogP contribution is 2.43. The molecule has 2 rings (SSSR count). The summed E-state index contributed by atoms with van der Waals surface area (Å²) < 4.78 is 13.8. The van der Waals surface area contributed by atoms with Gasteiger partial charge in [-0.25, -0.2) is 4.39 Å². The highest BCUT2D eigenvalue weighted by atomic mass is 19.1. The van der Waals surface area contributed by atoms with Gasteiger partial charge in [-0.2, -0.15) is 0 Å². The first-order chi connectivity index (χ1) is 7.18. The van der Waals surface area contributed by atoms with Crippen molar-refractivity contribution >= 4 is 5.97 Å². The van der Waals surface area contributed by atoms with Gasteiger partial charge in [-0.15, -0.1) is 0 Å². The van der Waals surface area contributed by atoms with Crippen molar-refractivity contribution in [3.05, 3.63) is 35.9 Å². The van der Waals surface area contributed by atoms with E-state index in [1.54, 1.807) is 30.3 Å². The fourth-order valence-corrected chi connectivity index (χ4v) is 2.39. The third kappa shape index (κ3) is 1.42. The summed E-state index contributed by atoms with van der Waals surface area (Å²) in [6.07, 6.45) is 0.120. The second-order valence-corrected chi connectivity index (χ2v) is 4.00. The van der Waals surface area contributed by atoms with Crippen LogP contribution < -0.4 is 0 Å². The van der Waals surface area contributed by atoms with E-state index in [9.17, 15) is 14.3 Å². The first kappa shape index (κ1) is 10.1. The molecule has 0 bridgehead atoms. The number of carbonyl (C=O) groups is 1. The third-order valence-electron chi connectivity index (χ3n) is 3.23. The SMILES string of the molecule is O=C(O)C1(c2ccccc2)CCCC1F. The van der Waals surface area contributed by atoms with Crippen molar-refractivity contribution in [3.63, 3.8) is 0 Å². The lowest BCUT2D eigenvalue weighted by Gasteiger charge is -2.26. The van der Waals surface area contributed by atoms with Gasteiger partial charge in [-0.1, -0.05) is 30.3 Å². The quantitative estimate of drug-likeness (QED) is 0.810. The normalized spacial score (nSPS) is 30.3. The van der Waals surface area contributed by atoms with Crippen LogP contribution in [0.15, 0.2) is 30.3 Å². The molecule has 1 aromatic rings. The van der Waals surface area contributed by atoms with Gasteiger partial charge in [0.2, 0.25) is 0 Å². The molecule has 80 valence electrons. The second kappa shape index (κ2) is 3.65. The van der Waals surface area contributed by atoms with E-state index in [0.717, 1.165) is 0 Å². The van der Waals surface area contributed by atoms with Gasteiger partial charge in [0.05, 0.1) is 0 Å².